The molecule has 19 heavy (non-hydrogen) atoms. The Morgan fingerprint density at radius 2 is 2.21 bits per heavy atom. The standard InChI is InChI=1S/C11H15N5O3/c1-2-3-15-7-9(6-12-15)19-5-4-16-8-10(11(17)18)13-14-16/h6-8H,2-5H2,1H3,(H,17,18). The van der Waals surface area contributed by atoms with E-state index in [1.807, 2.05) is 10.9 Å². The van der Waals surface area contributed by atoms with Crippen molar-refractivity contribution in [2.75, 3.05) is 6.61 Å². The minimum atomic E-state index is -1.09. The summed E-state index contributed by atoms with van der Waals surface area (Å²) >= 11 is 0. The molecule has 0 spiro atoms. The van der Waals surface area contributed by atoms with E-state index >= 15 is 0 Å². The maximum Gasteiger partial charge on any atom is 0.358 e. The lowest BCUT2D eigenvalue weighted by Gasteiger charge is -2.02. The first kappa shape index (κ1) is 13.1. The molecule has 102 valence electrons. The molecule has 0 aliphatic rings. The zero-order valence-corrected chi connectivity index (χ0v) is 10.6. The van der Waals surface area contributed by atoms with E-state index < -0.39 is 5.97 Å². The predicted molar refractivity (Wildman–Crippen MR) is 65.0 cm³/mol. The summed E-state index contributed by atoms with van der Waals surface area (Å²) in [5.74, 6) is -0.403. The van der Waals surface area contributed by atoms with E-state index in [0.717, 1.165) is 13.0 Å². The highest BCUT2D eigenvalue weighted by Gasteiger charge is 2.08. The van der Waals surface area contributed by atoms with Crippen molar-refractivity contribution in [3.8, 4) is 5.75 Å². The Balaban J connectivity index is 1.80. The van der Waals surface area contributed by atoms with E-state index in [1.54, 1.807) is 6.20 Å². The number of aromatic carboxylic acids is 1. The van der Waals surface area contributed by atoms with Crippen molar-refractivity contribution in [3.63, 3.8) is 0 Å². The number of carboxylic acids is 1. The van der Waals surface area contributed by atoms with E-state index in [-0.39, 0.29) is 5.69 Å². The summed E-state index contributed by atoms with van der Waals surface area (Å²) in [7, 11) is 0. The van der Waals surface area contributed by atoms with E-state index in [4.69, 9.17) is 9.84 Å². The maximum absolute atomic E-state index is 10.6. The summed E-state index contributed by atoms with van der Waals surface area (Å²) in [6.45, 7) is 3.74. The van der Waals surface area contributed by atoms with Gasteiger partial charge in [-0.2, -0.15) is 5.10 Å². The van der Waals surface area contributed by atoms with Gasteiger partial charge in [-0.05, 0) is 6.42 Å². The second-order valence-corrected chi connectivity index (χ2v) is 3.96. The topological polar surface area (TPSA) is 95.1 Å². The van der Waals surface area contributed by atoms with Crippen LogP contribution in [0, 0.1) is 0 Å². The van der Waals surface area contributed by atoms with E-state index in [0.29, 0.717) is 18.9 Å². The molecule has 0 saturated heterocycles. The summed E-state index contributed by atoms with van der Waals surface area (Å²) in [5.41, 5.74) is -0.0734. The molecule has 0 amide bonds. The lowest BCUT2D eigenvalue weighted by molar-refractivity contribution is 0.0690. The van der Waals surface area contributed by atoms with Gasteiger partial charge in [0.25, 0.3) is 0 Å². The van der Waals surface area contributed by atoms with Gasteiger partial charge in [-0.15, -0.1) is 5.10 Å². The van der Waals surface area contributed by atoms with Crippen molar-refractivity contribution in [2.45, 2.75) is 26.4 Å². The maximum atomic E-state index is 10.6. The molecule has 1 N–H and O–H groups in total. The average Bonchev–Trinajstić information content (AvgIpc) is 2.99. The number of hydrogen-bond acceptors (Lipinski definition) is 5. The first-order chi connectivity index (χ1) is 9.19. The Hall–Kier alpha value is -2.38. The molecule has 8 heteroatoms. The molecule has 2 aromatic rings. The second kappa shape index (κ2) is 5.98. The fourth-order valence-corrected chi connectivity index (χ4v) is 1.53. The van der Waals surface area contributed by atoms with Crippen LogP contribution in [0.3, 0.4) is 0 Å². The third-order valence-corrected chi connectivity index (χ3v) is 2.41. The number of nitrogens with zero attached hydrogens (tertiary/aromatic N) is 5. The van der Waals surface area contributed by atoms with Crippen LogP contribution < -0.4 is 4.74 Å². The molecule has 0 aromatic carbocycles. The van der Waals surface area contributed by atoms with Gasteiger partial charge in [0.15, 0.2) is 11.4 Å². The lowest BCUT2D eigenvalue weighted by Crippen LogP contribution is -2.08. The van der Waals surface area contributed by atoms with Gasteiger partial charge in [-0.1, -0.05) is 12.1 Å². The molecule has 0 atom stereocenters. The van der Waals surface area contributed by atoms with Crippen LogP contribution in [-0.4, -0.2) is 42.5 Å². The third-order valence-electron chi connectivity index (χ3n) is 2.41. The molecule has 0 bridgehead atoms. The van der Waals surface area contributed by atoms with Gasteiger partial charge < -0.3 is 9.84 Å². The molecule has 0 aliphatic carbocycles. The molecule has 0 saturated carbocycles. The predicted octanol–water partition coefficient (Wildman–Crippen LogP) is 0.662. The Morgan fingerprint density at radius 1 is 1.37 bits per heavy atom. The van der Waals surface area contributed by atoms with Crippen LogP contribution in [0.5, 0.6) is 5.75 Å². The normalized spacial score (nSPS) is 10.6. The SMILES string of the molecule is CCCn1cc(OCCn2cc(C(=O)O)nn2)cn1. The van der Waals surface area contributed by atoms with E-state index in [9.17, 15) is 4.79 Å². The number of carboxylic acid groups (broad SMARTS) is 1. The van der Waals surface area contributed by atoms with Crippen molar-refractivity contribution in [1.82, 2.24) is 24.8 Å². The van der Waals surface area contributed by atoms with Gasteiger partial charge in [0, 0.05) is 6.54 Å². The minimum absolute atomic E-state index is 0.0734. The van der Waals surface area contributed by atoms with Gasteiger partial charge >= 0.3 is 5.97 Å². The highest BCUT2D eigenvalue weighted by atomic mass is 16.5. The Bertz CT molecular complexity index is 548. The molecule has 2 aromatic heterocycles. The number of carbonyl (C=O) groups is 1. The fourth-order valence-electron chi connectivity index (χ4n) is 1.53. The molecular formula is C11H15N5O3. The third kappa shape index (κ3) is 3.54. The smallest absolute Gasteiger partial charge is 0.358 e. The molecule has 2 heterocycles. The summed E-state index contributed by atoms with van der Waals surface area (Å²) in [5, 5.41) is 20.0. The first-order valence-electron chi connectivity index (χ1n) is 5.97. The summed E-state index contributed by atoms with van der Waals surface area (Å²) in [6, 6.07) is 0. The average molecular weight is 265 g/mol. The number of aryl methyl sites for hydroxylation is 1. The van der Waals surface area contributed by atoms with Crippen LogP contribution in [0.1, 0.15) is 23.8 Å². The summed E-state index contributed by atoms with van der Waals surface area (Å²) < 4.78 is 8.73. The fraction of sp³-hybridized carbons (Fsp3) is 0.455. The van der Waals surface area contributed by atoms with Crippen LogP contribution in [0.15, 0.2) is 18.6 Å². The van der Waals surface area contributed by atoms with Crippen molar-refractivity contribution in [1.29, 1.82) is 0 Å². The summed E-state index contributed by atoms with van der Waals surface area (Å²) in [6.07, 6.45) is 5.86. The van der Waals surface area contributed by atoms with E-state index in [1.165, 1.54) is 10.9 Å². The van der Waals surface area contributed by atoms with Crippen LogP contribution in [0.25, 0.3) is 0 Å². The lowest BCUT2D eigenvalue weighted by atomic mass is 10.5. The van der Waals surface area contributed by atoms with Gasteiger partial charge in [0.1, 0.15) is 6.61 Å². The van der Waals surface area contributed by atoms with Gasteiger partial charge in [-0.3, -0.25) is 4.68 Å². The van der Waals surface area contributed by atoms with Crippen molar-refractivity contribution in [3.05, 3.63) is 24.3 Å². The molecule has 0 unspecified atom stereocenters. The van der Waals surface area contributed by atoms with Crippen molar-refractivity contribution in [2.24, 2.45) is 0 Å². The van der Waals surface area contributed by atoms with Gasteiger partial charge in [-0.25, -0.2) is 9.48 Å². The second-order valence-electron chi connectivity index (χ2n) is 3.96. The summed E-state index contributed by atoms with van der Waals surface area (Å²) in [4.78, 5) is 10.6. The number of hydrogen-bond donors (Lipinski definition) is 1. The van der Waals surface area contributed by atoms with Gasteiger partial charge in [0.2, 0.25) is 0 Å². The van der Waals surface area contributed by atoms with Crippen molar-refractivity contribution >= 4 is 5.97 Å². The van der Waals surface area contributed by atoms with Crippen LogP contribution in [0.2, 0.25) is 0 Å². The Labute approximate surface area is 109 Å². The molecule has 0 aliphatic heterocycles. The zero-order valence-electron chi connectivity index (χ0n) is 10.6. The van der Waals surface area contributed by atoms with Crippen LogP contribution in [-0.2, 0) is 13.1 Å². The molecule has 0 radical (unpaired) electrons. The number of rotatable bonds is 7. The molecular weight excluding hydrogens is 250 g/mol. The Morgan fingerprint density at radius 3 is 2.89 bits per heavy atom. The molecule has 8 nitrogen and oxygen atoms in total. The zero-order chi connectivity index (χ0) is 13.7. The monoisotopic (exact) mass is 265 g/mol. The number of ether oxygens (including phenoxy) is 1. The Kier molecular flexibility index (Phi) is 4.11. The highest BCUT2D eigenvalue weighted by molar-refractivity contribution is 5.84. The highest BCUT2D eigenvalue weighted by Crippen LogP contribution is 2.08. The van der Waals surface area contributed by atoms with Crippen LogP contribution in [0.4, 0.5) is 0 Å². The van der Waals surface area contributed by atoms with Crippen molar-refractivity contribution < 1.29 is 14.6 Å². The largest absolute Gasteiger partial charge is 0.488 e. The first-order valence-corrected chi connectivity index (χ1v) is 5.97. The number of aromatic nitrogens is 5. The quantitative estimate of drug-likeness (QED) is 0.790. The van der Waals surface area contributed by atoms with Crippen LogP contribution >= 0.6 is 0 Å². The van der Waals surface area contributed by atoms with Gasteiger partial charge in [0.05, 0.1) is 25.1 Å². The molecule has 0 fully saturated rings. The van der Waals surface area contributed by atoms with E-state index in [2.05, 4.69) is 22.3 Å². The molecule has 2 rings (SSSR count). The minimum Gasteiger partial charge on any atom is -0.488 e.